The van der Waals surface area contributed by atoms with Crippen LogP contribution in [0.4, 0.5) is 0 Å². The summed E-state index contributed by atoms with van der Waals surface area (Å²) in [6.07, 6.45) is 0.778. The van der Waals surface area contributed by atoms with Gasteiger partial charge in [-0.05, 0) is 31.2 Å². The van der Waals surface area contributed by atoms with Crippen LogP contribution in [-0.2, 0) is 14.8 Å². The molecular formula is C13H19ClN2O3S. The molecule has 0 unspecified atom stereocenters. The van der Waals surface area contributed by atoms with Crippen LogP contribution in [-0.4, -0.2) is 52.7 Å². The molecule has 0 bridgehead atoms. The lowest BCUT2D eigenvalue weighted by molar-refractivity contribution is 0.0376. The Balaban J connectivity index is 1.78. The van der Waals surface area contributed by atoms with E-state index in [4.69, 9.17) is 16.3 Å². The van der Waals surface area contributed by atoms with E-state index in [-0.39, 0.29) is 4.90 Å². The van der Waals surface area contributed by atoms with E-state index < -0.39 is 10.0 Å². The molecule has 0 aromatic heterocycles. The van der Waals surface area contributed by atoms with E-state index in [0.717, 1.165) is 39.3 Å². The van der Waals surface area contributed by atoms with Crippen LogP contribution in [0.1, 0.15) is 6.42 Å². The lowest BCUT2D eigenvalue weighted by Crippen LogP contribution is -2.38. The number of morpholine rings is 1. The molecule has 1 aromatic carbocycles. The van der Waals surface area contributed by atoms with Crippen molar-refractivity contribution in [1.29, 1.82) is 0 Å². The fourth-order valence-electron chi connectivity index (χ4n) is 2.05. The van der Waals surface area contributed by atoms with Gasteiger partial charge in [0.2, 0.25) is 10.0 Å². The highest BCUT2D eigenvalue weighted by Gasteiger charge is 2.14. The number of nitrogens with one attached hydrogen (secondary N) is 1. The van der Waals surface area contributed by atoms with Gasteiger partial charge < -0.3 is 4.74 Å². The van der Waals surface area contributed by atoms with E-state index >= 15 is 0 Å². The summed E-state index contributed by atoms with van der Waals surface area (Å²) in [4.78, 5) is 2.48. The highest BCUT2D eigenvalue weighted by Crippen LogP contribution is 2.15. The lowest BCUT2D eigenvalue weighted by Gasteiger charge is -2.26. The molecule has 0 aliphatic carbocycles. The number of sulfonamides is 1. The van der Waals surface area contributed by atoms with Crippen LogP contribution in [0.3, 0.4) is 0 Å². The van der Waals surface area contributed by atoms with Gasteiger partial charge in [0.25, 0.3) is 0 Å². The number of nitrogens with zero attached hydrogens (tertiary/aromatic N) is 1. The van der Waals surface area contributed by atoms with E-state index in [1.165, 1.54) is 12.1 Å². The summed E-state index contributed by atoms with van der Waals surface area (Å²) >= 11 is 5.80. The lowest BCUT2D eigenvalue weighted by atomic mass is 10.3. The number of rotatable bonds is 6. The first kappa shape index (κ1) is 15.7. The standard InChI is InChI=1S/C13H19ClN2O3S/c14-12-3-1-4-13(11-12)20(17,18)15-5-2-6-16-7-9-19-10-8-16/h1,3-4,11,15H,2,5-10H2. The monoisotopic (exact) mass is 318 g/mol. The second-order valence-corrected chi connectivity index (χ2v) is 6.87. The summed E-state index contributed by atoms with van der Waals surface area (Å²) < 4.78 is 31.9. The predicted molar refractivity (Wildman–Crippen MR) is 78.5 cm³/mol. The summed E-state index contributed by atoms with van der Waals surface area (Å²) in [5.74, 6) is 0. The van der Waals surface area contributed by atoms with Crippen molar-refractivity contribution < 1.29 is 13.2 Å². The minimum atomic E-state index is -3.46. The second kappa shape index (κ2) is 7.38. The first-order valence-corrected chi connectivity index (χ1v) is 8.49. The third kappa shape index (κ3) is 4.71. The van der Waals surface area contributed by atoms with Gasteiger partial charge >= 0.3 is 0 Å². The molecule has 1 aliphatic rings. The minimum Gasteiger partial charge on any atom is -0.379 e. The third-order valence-corrected chi connectivity index (χ3v) is 4.85. The molecule has 0 atom stereocenters. The Labute approximate surface area is 124 Å². The first-order chi connectivity index (χ1) is 9.58. The highest BCUT2D eigenvalue weighted by atomic mass is 35.5. The van der Waals surface area contributed by atoms with Crippen LogP contribution in [0.15, 0.2) is 29.2 Å². The molecular weight excluding hydrogens is 300 g/mol. The highest BCUT2D eigenvalue weighted by molar-refractivity contribution is 7.89. The SMILES string of the molecule is O=S(=O)(NCCCN1CCOCC1)c1cccc(Cl)c1. The van der Waals surface area contributed by atoms with Gasteiger partial charge in [0.1, 0.15) is 0 Å². The topological polar surface area (TPSA) is 58.6 Å². The maximum Gasteiger partial charge on any atom is 0.240 e. The van der Waals surface area contributed by atoms with Crippen LogP contribution < -0.4 is 4.72 Å². The minimum absolute atomic E-state index is 0.205. The second-order valence-electron chi connectivity index (χ2n) is 4.66. The Kier molecular flexibility index (Phi) is 5.80. The third-order valence-electron chi connectivity index (χ3n) is 3.15. The molecule has 0 radical (unpaired) electrons. The summed E-state index contributed by atoms with van der Waals surface area (Å²) in [5.41, 5.74) is 0. The quantitative estimate of drug-likeness (QED) is 0.804. The molecule has 0 saturated carbocycles. The molecule has 1 aliphatic heterocycles. The summed E-state index contributed by atoms with van der Waals surface area (Å²) in [6, 6.07) is 6.27. The van der Waals surface area contributed by atoms with E-state index in [1.54, 1.807) is 12.1 Å². The summed E-state index contributed by atoms with van der Waals surface area (Å²) in [7, 11) is -3.46. The molecule has 5 nitrogen and oxygen atoms in total. The van der Waals surface area contributed by atoms with Gasteiger partial charge in [-0.3, -0.25) is 4.90 Å². The molecule has 7 heteroatoms. The number of ether oxygens (including phenoxy) is 1. The molecule has 0 spiro atoms. The maximum atomic E-state index is 12.0. The van der Waals surface area contributed by atoms with E-state index in [0.29, 0.717) is 11.6 Å². The molecule has 2 rings (SSSR count). The Morgan fingerprint density at radius 2 is 2.05 bits per heavy atom. The number of hydrogen-bond acceptors (Lipinski definition) is 4. The Hall–Kier alpha value is -0.660. The van der Waals surface area contributed by atoms with Crippen molar-refractivity contribution in [3.05, 3.63) is 29.3 Å². The largest absolute Gasteiger partial charge is 0.379 e. The van der Waals surface area contributed by atoms with Gasteiger partial charge in [0.05, 0.1) is 18.1 Å². The molecule has 1 fully saturated rings. The predicted octanol–water partition coefficient (Wildman–Crippen LogP) is 1.34. The Bertz CT molecular complexity index is 530. The van der Waals surface area contributed by atoms with Crippen molar-refractivity contribution in [1.82, 2.24) is 9.62 Å². The van der Waals surface area contributed by atoms with Crippen LogP contribution in [0.5, 0.6) is 0 Å². The summed E-state index contributed by atoms with van der Waals surface area (Å²) in [6.45, 7) is 4.65. The molecule has 1 aromatic rings. The summed E-state index contributed by atoms with van der Waals surface area (Å²) in [5, 5.41) is 0.418. The van der Waals surface area contributed by atoms with E-state index in [1.807, 2.05) is 0 Å². The van der Waals surface area contributed by atoms with Crippen molar-refractivity contribution in [2.45, 2.75) is 11.3 Å². The van der Waals surface area contributed by atoms with Crippen LogP contribution in [0.2, 0.25) is 5.02 Å². The normalized spacial score (nSPS) is 17.2. The molecule has 0 amide bonds. The smallest absolute Gasteiger partial charge is 0.240 e. The molecule has 1 heterocycles. The van der Waals surface area contributed by atoms with E-state index in [9.17, 15) is 8.42 Å². The molecule has 1 N–H and O–H groups in total. The Morgan fingerprint density at radius 1 is 1.30 bits per heavy atom. The van der Waals surface area contributed by atoms with Gasteiger partial charge in [-0.1, -0.05) is 17.7 Å². The average Bonchev–Trinajstić information content (AvgIpc) is 2.45. The zero-order chi connectivity index (χ0) is 14.4. The van der Waals surface area contributed by atoms with Crippen LogP contribution in [0, 0.1) is 0 Å². The molecule has 112 valence electrons. The van der Waals surface area contributed by atoms with E-state index in [2.05, 4.69) is 9.62 Å². The van der Waals surface area contributed by atoms with Gasteiger partial charge in [0, 0.05) is 24.7 Å². The van der Waals surface area contributed by atoms with Crippen LogP contribution in [0.25, 0.3) is 0 Å². The van der Waals surface area contributed by atoms with Crippen molar-refractivity contribution in [2.24, 2.45) is 0 Å². The number of halogens is 1. The van der Waals surface area contributed by atoms with Crippen molar-refractivity contribution in [3.63, 3.8) is 0 Å². The average molecular weight is 319 g/mol. The number of benzene rings is 1. The Morgan fingerprint density at radius 3 is 2.75 bits per heavy atom. The number of hydrogen-bond donors (Lipinski definition) is 1. The fraction of sp³-hybridized carbons (Fsp3) is 0.538. The van der Waals surface area contributed by atoms with Gasteiger partial charge in [-0.15, -0.1) is 0 Å². The van der Waals surface area contributed by atoms with Crippen LogP contribution >= 0.6 is 11.6 Å². The van der Waals surface area contributed by atoms with Crippen molar-refractivity contribution in [3.8, 4) is 0 Å². The van der Waals surface area contributed by atoms with Gasteiger partial charge in [-0.2, -0.15) is 0 Å². The maximum absolute atomic E-state index is 12.0. The first-order valence-electron chi connectivity index (χ1n) is 6.63. The zero-order valence-electron chi connectivity index (χ0n) is 11.2. The van der Waals surface area contributed by atoms with Gasteiger partial charge in [0.15, 0.2) is 0 Å². The fourth-order valence-corrected chi connectivity index (χ4v) is 3.43. The van der Waals surface area contributed by atoms with Crippen molar-refractivity contribution in [2.75, 3.05) is 39.4 Å². The molecule has 20 heavy (non-hydrogen) atoms. The van der Waals surface area contributed by atoms with Gasteiger partial charge in [-0.25, -0.2) is 13.1 Å². The zero-order valence-corrected chi connectivity index (χ0v) is 12.8. The van der Waals surface area contributed by atoms with Crippen molar-refractivity contribution >= 4 is 21.6 Å². The molecule has 1 saturated heterocycles.